The number of hydrogen-bond donors (Lipinski definition) is 2. The molecule has 7 heteroatoms. The van der Waals surface area contributed by atoms with Gasteiger partial charge in [0, 0.05) is 21.6 Å². The molecular formula is C10H7Br2N3OS. The third-order valence-electron chi connectivity index (χ3n) is 1.85. The van der Waals surface area contributed by atoms with E-state index in [1.54, 1.807) is 18.3 Å². The fourth-order valence-corrected chi connectivity index (χ4v) is 2.86. The lowest BCUT2D eigenvalue weighted by Gasteiger charge is -2.02. The van der Waals surface area contributed by atoms with Crippen molar-refractivity contribution in [2.45, 2.75) is 0 Å². The second kappa shape index (κ2) is 5.61. The van der Waals surface area contributed by atoms with Gasteiger partial charge in [-0.15, -0.1) is 11.3 Å². The monoisotopic (exact) mass is 375 g/mol. The third-order valence-corrected chi connectivity index (χ3v) is 3.59. The molecule has 2 N–H and O–H groups in total. The van der Waals surface area contributed by atoms with Crippen molar-refractivity contribution < 1.29 is 5.11 Å². The fourth-order valence-electron chi connectivity index (χ4n) is 1.12. The van der Waals surface area contributed by atoms with Gasteiger partial charge in [0.05, 0.1) is 10.7 Å². The van der Waals surface area contributed by atoms with Gasteiger partial charge in [-0.25, -0.2) is 4.98 Å². The van der Waals surface area contributed by atoms with Crippen LogP contribution in [-0.2, 0) is 0 Å². The van der Waals surface area contributed by atoms with Gasteiger partial charge in [-0.2, -0.15) is 5.10 Å². The quantitative estimate of drug-likeness (QED) is 0.632. The minimum Gasteiger partial charge on any atom is -0.506 e. The highest BCUT2D eigenvalue weighted by molar-refractivity contribution is 9.11. The number of hydrazone groups is 1. The molecule has 0 unspecified atom stereocenters. The van der Waals surface area contributed by atoms with Crippen LogP contribution >= 0.6 is 43.2 Å². The summed E-state index contributed by atoms with van der Waals surface area (Å²) < 4.78 is 1.47. The Balaban J connectivity index is 2.15. The summed E-state index contributed by atoms with van der Waals surface area (Å²) in [5.74, 6) is 0.151. The zero-order chi connectivity index (χ0) is 12.3. The van der Waals surface area contributed by atoms with E-state index in [1.807, 2.05) is 5.38 Å². The highest BCUT2D eigenvalue weighted by atomic mass is 79.9. The minimum absolute atomic E-state index is 0.151. The van der Waals surface area contributed by atoms with E-state index in [4.69, 9.17) is 0 Å². The summed E-state index contributed by atoms with van der Waals surface area (Å²) in [6.07, 6.45) is 3.22. The Morgan fingerprint density at radius 1 is 1.41 bits per heavy atom. The van der Waals surface area contributed by atoms with Crippen molar-refractivity contribution in [2.75, 3.05) is 5.43 Å². The van der Waals surface area contributed by atoms with Gasteiger partial charge < -0.3 is 5.11 Å². The number of aromatic nitrogens is 1. The first-order valence-electron chi connectivity index (χ1n) is 4.53. The summed E-state index contributed by atoms with van der Waals surface area (Å²) in [5, 5.41) is 16.3. The smallest absolute Gasteiger partial charge is 0.203 e. The van der Waals surface area contributed by atoms with Crippen LogP contribution in [-0.4, -0.2) is 16.3 Å². The van der Waals surface area contributed by atoms with Crippen molar-refractivity contribution in [1.82, 2.24) is 4.98 Å². The normalized spacial score (nSPS) is 10.9. The number of phenols is 1. The van der Waals surface area contributed by atoms with E-state index < -0.39 is 0 Å². The van der Waals surface area contributed by atoms with Crippen molar-refractivity contribution >= 4 is 54.5 Å². The molecule has 1 aromatic carbocycles. The van der Waals surface area contributed by atoms with Gasteiger partial charge in [-0.05, 0) is 28.1 Å². The van der Waals surface area contributed by atoms with Crippen LogP contribution in [0.3, 0.4) is 0 Å². The predicted octanol–water partition coefficient (Wildman–Crippen LogP) is 3.82. The first-order chi connectivity index (χ1) is 8.16. The zero-order valence-corrected chi connectivity index (χ0v) is 12.4. The number of aromatic hydroxyl groups is 1. The summed E-state index contributed by atoms with van der Waals surface area (Å²) >= 11 is 8.05. The van der Waals surface area contributed by atoms with E-state index in [0.717, 1.165) is 4.47 Å². The number of hydrogen-bond acceptors (Lipinski definition) is 5. The molecule has 0 bridgehead atoms. The number of phenolic OH excluding ortho intramolecular Hbond substituents is 1. The van der Waals surface area contributed by atoms with Crippen LogP contribution in [0.1, 0.15) is 5.56 Å². The Morgan fingerprint density at radius 2 is 2.24 bits per heavy atom. The van der Waals surface area contributed by atoms with Gasteiger partial charge in [0.15, 0.2) is 0 Å². The van der Waals surface area contributed by atoms with Crippen molar-refractivity contribution in [3.05, 3.63) is 38.2 Å². The molecule has 0 atom stereocenters. The maximum atomic E-state index is 9.78. The van der Waals surface area contributed by atoms with Crippen LogP contribution in [0, 0.1) is 0 Å². The summed E-state index contributed by atoms with van der Waals surface area (Å²) in [5.41, 5.74) is 3.38. The Morgan fingerprint density at radius 3 is 2.94 bits per heavy atom. The Kier molecular flexibility index (Phi) is 4.14. The number of rotatable bonds is 3. The average Bonchev–Trinajstić information content (AvgIpc) is 2.78. The third kappa shape index (κ3) is 3.27. The predicted molar refractivity (Wildman–Crippen MR) is 76.8 cm³/mol. The molecular weight excluding hydrogens is 370 g/mol. The molecule has 4 nitrogen and oxygen atoms in total. The standard InChI is InChI=1S/C10H7Br2N3OS/c11-7-3-6(9(16)8(12)4-7)5-14-15-10-13-1-2-17-10/h1-5,16H,(H,13,15)/b14-5-. The van der Waals surface area contributed by atoms with E-state index in [1.165, 1.54) is 17.6 Å². The molecule has 0 saturated carbocycles. The van der Waals surface area contributed by atoms with E-state index in [2.05, 4.69) is 47.4 Å². The topological polar surface area (TPSA) is 57.5 Å². The molecule has 0 aliphatic rings. The number of thiazole rings is 1. The molecule has 1 heterocycles. The van der Waals surface area contributed by atoms with Gasteiger partial charge in [-0.3, -0.25) is 5.43 Å². The van der Waals surface area contributed by atoms with Crippen LogP contribution < -0.4 is 5.43 Å². The SMILES string of the molecule is Oc1c(Br)cc(Br)cc1/C=N\Nc1nccs1. The Labute approximate surface area is 119 Å². The van der Waals surface area contributed by atoms with Crippen LogP contribution in [0.4, 0.5) is 5.13 Å². The van der Waals surface area contributed by atoms with Crippen LogP contribution in [0.25, 0.3) is 0 Å². The van der Waals surface area contributed by atoms with Crippen molar-refractivity contribution in [3.63, 3.8) is 0 Å². The molecule has 0 saturated heterocycles. The maximum absolute atomic E-state index is 9.78. The summed E-state index contributed by atoms with van der Waals surface area (Å²) in [7, 11) is 0. The van der Waals surface area contributed by atoms with Gasteiger partial charge in [0.1, 0.15) is 5.75 Å². The number of halogens is 2. The first-order valence-corrected chi connectivity index (χ1v) is 7.00. The van der Waals surface area contributed by atoms with Crippen molar-refractivity contribution in [2.24, 2.45) is 5.10 Å². The van der Waals surface area contributed by atoms with Gasteiger partial charge in [-0.1, -0.05) is 15.9 Å². The zero-order valence-electron chi connectivity index (χ0n) is 8.39. The van der Waals surface area contributed by atoms with Gasteiger partial charge in [0.2, 0.25) is 5.13 Å². The summed E-state index contributed by atoms with van der Waals surface area (Å²) in [6.45, 7) is 0. The molecule has 2 rings (SSSR count). The van der Waals surface area contributed by atoms with E-state index in [9.17, 15) is 5.11 Å². The first kappa shape index (κ1) is 12.5. The van der Waals surface area contributed by atoms with E-state index >= 15 is 0 Å². The summed E-state index contributed by atoms with van der Waals surface area (Å²) in [6, 6.07) is 3.54. The van der Waals surface area contributed by atoms with Crippen LogP contribution in [0.2, 0.25) is 0 Å². The lowest BCUT2D eigenvalue weighted by Crippen LogP contribution is -1.90. The number of nitrogens with zero attached hydrogens (tertiary/aromatic N) is 2. The Hall–Kier alpha value is -0.920. The van der Waals surface area contributed by atoms with Crippen LogP contribution in [0.15, 0.2) is 37.8 Å². The number of nitrogens with one attached hydrogen (secondary N) is 1. The molecule has 0 radical (unpaired) electrons. The van der Waals surface area contributed by atoms with Crippen LogP contribution in [0.5, 0.6) is 5.75 Å². The van der Waals surface area contributed by atoms with Gasteiger partial charge >= 0.3 is 0 Å². The molecule has 17 heavy (non-hydrogen) atoms. The molecule has 0 fully saturated rings. The molecule has 0 spiro atoms. The lowest BCUT2D eigenvalue weighted by molar-refractivity contribution is 0.471. The lowest BCUT2D eigenvalue weighted by atomic mass is 10.2. The Bertz CT molecular complexity index is 543. The molecule has 0 aliphatic carbocycles. The largest absolute Gasteiger partial charge is 0.506 e. The number of anilines is 1. The van der Waals surface area contributed by atoms with E-state index in [0.29, 0.717) is 15.2 Å². The van der Waals surface area contributed by atoms with Crippen molar-refractivity contribution in [3.8, 4) is 5.75 Å². The van der Waals surface area contributed by atoms with Gasteiger partial charge in [0.25, 0.3) is 0 Å². The van der Waals surface area contributed by atoms with Crippen molar-refractivity contribution in [1.29, 1.82) is 0 Å². The fraction of sp³-hybridized carbons (Fsp3) is 0. The maximum Gasteiger partial charge on any atom is 0.203 e. The summed E-state index contributed by atoms with van der Waals surface area (Å²) in [4.78, 5) is 4.02. The minimum atomic E-state index is 0.151. The highest BCUT2D eigenvalue weighted by Crippen LogP contribution is 2.30. The second-order valence-electron chi connectivity index (χ2n) is 3.03. The average molecular weight is 377 g/mol. The highest BCUT2D eigenvalue weighted by Gasteiger charge is 2.05. The molecule has 1 aromatic heterocycles. The molecule has 0 aliphatic heterocycles. The molecule has 88 valence electrons. The molecule has 2 aromatic rings. The van der Waals surface area contributed by atoms with E-state index in [-0.39, 0.29) is 5.75 Å². The second-order valence-corrected chi connectivity index (χ2v) is 5.70. The molecule has 0 amide bonds. The number of benzene rings is 1.